The Morgan fingerprint density at radius 3 is 2.75 bits per heavy atom. The lowest BCUT2D eigenvalue weighted by molar-refractivity contribution is 0.527. The third-order valence-electron chi connectivity index (χ3n) is 3.67. The zero-order valence-electron chi connectivity index (χ0n) is 10.3. The van der Waals surface area contributed by atoms with Gasteiger partial charge in [0.15, 0.2) is 0 Å². The molecule has 2 atom stereocenters. The monoisotopic (exact) mass is 281 g/mol. The van der Waals surface area contributed by atoms with Gasteiger partial charge in [-0.1, -0.05) is 54.9 Å². The summed E-state index contributed by atoms with van der Waals surface area (Å²) in [5, 5.41) is 3.54. The molecule has 0 amide bonds. The molecule has 16 heavy (non-hydrogen) atoms. The van der Waals surface area contributed by atoms with Gasteiger partial charge < -0.3 is 5.32 Å². The van der Waals surface area contributed by atoms with Crippen molar-refractivity contribution in [3.63, 3.8) is 0 Å². The van der Waals surface area contributed by atoms with Gasteiger partial charge in [0.05, 0.1) is 0 Å². The van der Waals surface area contributed by atoms with E-state index < -0.39 is 0 Å². The van der Waals surface area contributed by atoms with Gasteiger partial charge in [0.25, 0.3) is 0 Å². The summed E-state index contributed by atoms with van der Waals surface area (Å²) in [5.74, 6) is 0.786. The van der Waals surface area contributed by atoms with Crippen molar-refractivity contribution in [1.82, 2.24) is 5.32 Å². The van der Waals surface area contributed by atoms with Crippen molar-refractivity contribution in [3.8, 4) is 0 Å². The number of hydrogen-bond acceptors (Lipinski definition) is 1. The molecular formula is C14H20BrN. The zero-order chi connectivity index (χ0) is 11.8. The van der Waals surface area contributed by atoms with Crippen LogP contribution in [0.15, 0.2) is 28.7 Å². The van der Waals surface area contributed by atoms with Crippen LogP contribution in [0.3, 0.4) is 0 Å². The van der Waals surface area contributed by atoms with Crippen LogP contribution in [0.5, 0.6) is 0 Å². The highest BCUT2D eigenvalue weighted by Crippen LogP contribution is 2.55. The minimum absolute atomic E-state index is 0.377. The van der Waals surface area contributed by atoms with Crippen LogP contribution >= 0.6 is 15.9 Å². The summed E-state index contributed by atoms with van der Waals surface area (Å²) < 4.78 is 1.25. The normalized spacial score (nSPS) is 28.4. The van der Waals surface area contributed by atoms with Gasteiger partial charge in [-0.15, -0.1) is 0 Å². The van der Waals surface area contributed by atoms with E-state index in [1.165, 1.54) is 16.5 Å². The Bertz CT molecular complexity index is 375. The molecule has 1 fully saturated rings. The van der Waals surface area contributed by atoms with Crippen molar-refractivity contribution in [2.24, 2.45) is 5.92 Å². The van der Waals surface area contributed by atoms with Crippen LogP contribution in [-0.4, -0.2) is 12.6 Å². The predicted molar refractivity (Wildman–Crippen MR) is 72.7 cm³/mol. The first-order chi connectivity index (χ1) is 7.54. The maximum atomic E-state index is 3.66. The molecule has 0 bridgehead atoms. The largest absolute Gasteiger partial charge is 0.314 e. The van der Waals surface area contributed by atoms with E-state index in [0.29, 0.717) is 11.5 Å². The van der Waals surface area contributed by atoms with Crippen molar-refractivity contribution in [1.29, 1.82) is 0 Å². The van der Waals surface area contributed by atoms with Gasteiger partial charge in [0.2, 0.25) is 0 Å². The summed E-state index contributed by atoms with van der Waals surface area (Å²) in [6.45, 7) is 7.92. The molecule has 0 spiro atoms. The van der Waals surface area contributed by atoms with Crippen LogP contribution in [0.4, 0.5) is 0 Å². The first-order valence-corrected chi connectivity index (χ1v) is 6.81. The molecule has 0 aromatic heterocycles. The highest BCUT2D eigenvalue weighted by molar-refractivity contribution is 9.10. The summed E-state index contributed by atoms with van der Waals surface area (Å²) in [5.41, 5.74) is 1.84. The van der Waals surface area contributed by atoms with Crippen LogP contribution in [0, 0.1) is 5.92 Å². The van der Waals surface area contributed by atoms with E-state index in [1.54, 1.807) is 0 Å². The minimum Gasteiger partial charge on any atom is -0.314 e. The third kappa shape index (κ3) is 2.33. The molecular weight excluding hydrogens is 262 g/mol. The lowest BCUT2D eigenvalue weighted by Gasteiger charge is -2.15. The molecule has 1 aliphatic carbocycles. The molecule has 1 N–H and O–H groups in total. The second-order valence-corrected chi connectivity index (χ2v) is 6.22. The van der Waals surface area contributed by atoms with Crippen LogP contribution in [0.1, 0.15) is 32.8 Å². The van der Waals surface area contributed by atoms with Gasteiger partial charge in [-0.3, -0.25) is 0 Å². The first kappa shape index (κ1) is 12.1. The fraction of sp³-hybridized carbons (Fsp3) is 0.571. The number of nitrogens with one attached hydrogen (secondary N) is 1. The van der Waals surface area contributed by atoms with E-state index in [4.69, 9.17) is 0 Å². The van der Waals surface area contributed by atoms with Gasteiger partial charge in [-0.05, 0) is 35.9 Å². The molecule has 1 aliphatic rings. The smallest absolute Gasteiger partial charge is 0.0212 e. The van der Waals surface area contributed by atoms with E-state index >= 15 is 0 Å². The van der Waals surface area contributed by atoms with Crippen LogP contribution in [-0.2, 0) is 5.41 Å². The molecule has 0 aliphatic heterocycles. The lowest BCUT2D eigenvalue weighted by Crippen LogP contribution is -2.26. The van der Waals surface area contributed by atoms with E-state index in [-0.39, 0.29) is 0 Å². The van der Waals surface area contributed by atoms with E-state index in [9.17, 15) is 0 Å². The summed E-state index contributed by atoms with van der Waals surface area (Å²) in [6.07, 6.45) is 1.30. The molecule has 2 unspecified atom stereocenters. The average molecular weight is 282 g/mol. The Balaban J connectivity index is 2.04. The molecule has 0 radical (unpaired) electrons. The fourth-order valence-electron chi connectivity index (χ4n) is 2.38. The highest BCUT2D eigenvalue weighted by atomic mass is 79.9. The van der Waals surface area contributed by atoms with Crippen molar-refractivity contribution in [2.75, 3.05) is 6.54 Å². The van der Waals surface area contributed by atoms with Gasteiger partial charge in [-0.25, -0.2) is 0 Å². The Labute approximate surface area is 107 Å². The molecule has 1 aromatic rings. The van der Waals surface area contributed by atoms with Crippen LogP contribution in [0.25, 0.3) is 0 Å². The molecule has 0 saturated heterocycles. The lowest BCUT2D eigenvalue weighted by atomic mass is 9.95. The summed E-state index contributed by atoms with van der Waals surface area (Å²) in [4.78, 5) is 0. The Hall–Kier alpha value is -0.340. The molecule has 1 aromatic carbocycles. The maximum absolute atomic E-state index is 3.66. The quantitative estimate of drug-likeness (QED) is 0.887. The topological polar surface area (TPSA) is 12.0 Å². The van der Waals surface area contributed by atoms with Crippen molar-refractivity contribution in [2.45, 2.75) is 38.6 Å². The van der Waals surface area contributed by atoms with Crippen LogP contribution < -0.4 is 5.32 Å². The summed E-state index contributed by atoms with van der Waals surface area (Å²) in [7, 11) is 0. The zero-order valence-corrected chi connectivity index (χ0v) is 11.8. The standard InChI is InChI=1S/C14H20BrN/c1-10(2)16-9-11-8-14(11,3)12-6-4-5-7-13(12)15/h4-7,10-11,16H,8-9H2,1-3H3. The summed E-state index contributed by atoms with van der Waals surface area (Å²) in [6, 6.07) is 9.20. The number of hydrogen-bond donors (Lipinski definition) is 1. The molecule has 2 heteroatoms. The molecule has 1 saturated carbocycles. The number of halogens is 1. The molecule has 1 nitrogen and oxygen atoms in total. The van der Waals surface area contributed by atoms with E-state index in [1.807, 2.05) is 0 Å². The van der Waals surface area contributed by atoms with Gasteiger partial charge >= 0.3 is 0 Å². The summed E-state index contributed by atoms with van der Waals surface area (Å²) >= 11 is 3.66. The fourth-order valence-corrected chi connectivity index (χ4v) is 3.12. The van der Waals surface area contributed by atoms with Gasteiger partial charge in [0, 0.05) is 10.5 Å². The van der Waals surface area contributed by atoms with Gasteiger partial charge in [-0.2, -0.15) is 0 Å². The Kier molecular flexibility index (Phi) is 3.41. The molecule has 88 valence electrons. The molecule has 2 rings (SSSR count). The van der Waals surface area contributed by atoms with Crippen molar-refractivity contribution < 1.29 is 0 Å². The predicted octanol–water partition coefficient (Wildman–Crippen LogP) is 3.72. The highest BCUT2D eigenvalue weighted by Gasteiger charge is 2.51. The van der Waals surface area contributed by atoms with Crippen LogP contribution in [0.2, 0.25) is 0 Å². The minimum atomic E-state index is 0.377. The third-order valence-corrected chi connectivity index (χ3v) is 4.36. The number of rotatable bonds is 4. The van der Waals surface area contributed by atoms with Gasteiger partial charge in [0.1, 0.15) is 0 Å². The Morgan fingerprint density at radius 1 is 1.44 bits per heavy atom. The van der Waals surface area contributed by atoms with E-state index in [2.05, 4.69) is 66.3 Å². The number of benzene rings is 1. The van der Waals surface area contributed by atoms with Crippen molar-refractivity contribution >= 4 is 15.9 Å². The van der Waals surface area contributed by atoms with Crippen molar-refractivity contribution in [3.05, 3.63) is 34.3 Å². The Morgan fingerprint density at radius 2 is 2.12 bits per heavy atom. The molecule has 0 heterocycles. The first-order valence-electron chi connectivity index (χ1n) is 6.02. The average Bonchev–Trinajstić information content (AvgIpc) is 2.88. The second-order valence-electron chi connectivity index (χ2n) is 5.36. The SMILES string of the molecule is CC(C)NCC1CC1(C)c1ccccc1Br. The maximum Gasteiger partial charge on any atom is 0.0212 e. The van der Waals surface area contributed by atoms with E-state index in [0.717, 1.165) is 12.5 Å². The second kappa shape index (κ2) is 4.50.